The highest BCUT2D eigenvalue weighted by Crippen LogP contribution is 2.14. The van der Waals surface area contributed by atoms with Gasteiger partial charge in [-0.1, -0.05) is 0 Å². The first kappa shape index (κ1) is 14.6. The third-order valence-corrected chi connectivity index (χ3v) is 4.31. The van der Waals surface area contributed by atoms with Crippen molar-refractivity contribution < 1.29 is 8.42 Å². The smallest absolute Gasteiger partial charge is 0.242 e. The van der Waals surface area contributed by atoms with Crippen LogP contribution in [0, 0.1) is 0 Å². The van der Waals surface area contributed by atoms with E-state index in [0.29, 0.717) is 11.5 Å². The van der Waals surface area contributed by atoms with Crippen molar-refractivity contribution in [2.75, 3.05) is 0 Å². The second-order valence-corrected chi connectivity index (χ2v) is 6.05. The number of rotatable bonds is 5. The molecule has 2 aromatic rings. The van der Waals surface area contributed by atoms with E-state index in [4.69, 9.17) is 5.73 Å². The van der Waals surface area contributed by atoms with E-state index in [0.717, 1.165) is 0 Å². The maximum Gasteiger partial charge on any atom is 0.242 e. The lowest BCUT2D eigenvalue weighted by atomic mass is 10.3. The topological polar surface area (TPSA) is 116 Å². The highest BCUT2D eigenvalue weighted by Gasteiger charge is 2.21. The average molecular weight is 296 g/mol. The Bertz CT molecular complexity index is 679. The van der Waals surface area contributed by atoms with Gasteiger partial charge in [0, 0.05) is 19.8 Å². The Kier molecular flexibility index (Phi) is 4.12. The van der Waals surface area contributed by atoms with E-state index in [1.807, 2.05) is 0 Å². The van der Waals surface area contributed by atoms with Crippen LogP contribution < -0.4 is 10.5 Å². The van der Waals surface area contributed by atoms with Crippen LogP contribution in [0.3, 0.4) is 0 Å². The van der Waals surface area contributed by atoms with Crippen molar-refractivity contribution in [1.29, 1.82) is 0 Å². The lowest BCUT2D eigenvalue weighted by Gasteiger charge is -2.13. The molecule has 0 bridgehead atoms. The fraction of sp³-hybridized carbons (Fsp3) is 0.364. The average Bonchev–Trinajstić information content (AvgIpc) is 2.84. The van der Waals surface area contributed by atoms with Crippen LogP contribution in [-0.4, -0.2) is 28.2 Å². The fourth-order valence-electron chi connectivity index (χ4n) is 1.73. The summed E-state index contributed by atoms with van der Waals surface area (Å²) in [6, 6.07) is 2.56. The third-order valence-electron chi connectivity index (χ3n) is 2.78. The summed E-state index contributed by atoms with van der Waals surface area (Å²) in [5.41, 5.74) is 6.05. The Morgan fingerprint density at radius 3 is 2.70 bits per heavy atom. The largest absolute Gasteiger partial charge is 0.325 e. The lowest BCUT2D eigenvalue weighted by Crippen LogP contribution is -2.28. The van der Waals surface area contributed by atoms with Crippen LogP contribution in [-0.2, 0) is 23.6 Å². The van der Waals surface area contributed by atoms with Crippen molar-refractivity contribution in [3.8, 4) is 0 Å². The van der Waals surface area contributed by atoms with Crippen LogP contribution in [0.4, 0.5) is 0 Å². The molecule has 20 heavy (non-hydrogen) atoms. The SMILES string of the molecule is CC(NS(=O)(=O)c1ccc(CN)nc1)c1nncn1C. The van der Waals surface area contributed by atoms with Crippen molar-refractivity contribution >= 4 is 10.0 Å². The Labute approximate surface area is 117 Å². The molecular formula is C11H16N6O2S. The van der Waals surface area contributed by atoms with E-state index in [9.17, 15) is 8.42 Å². The minimum absolute atomic E-state index is 0.0868. The Balaban J connectivity index is 2.20. The van der Waals surface area contributed by atoms with Crippen LogP contribution >= 0.6 is 0 Å². The molecule has 0 aliphatic heterocycles. The summed E-state index contributed by atoms with van der Waals surface area (Å²) in [6.45, 7) is 1.96. The first-order valence-electron chi connectivity index (χ1n) is 5.95. The van der Waals surface area contributed by atoms with E-state index in [2.05, 4.69) is 19.9 Å². The maximum absolute atomic E-state index is 12.2. The van der Waals surface area contributed by atoms with Gasteiger partial charge in [-0.15, -0.1) is 10.2 Å². The molecule has 3 N–H and O–H groups in total. The van der Waals surface area contributed by atoms with Crippen LogP contribution in [0.2, 0.25) is 0 Å². The lowest BCUT2D eigenvalue weighted by molar-refractivity contribution is 0.553. The monoisotopic (exact) mass is 296 g/mol. The minimum atomic E-state index is -3.66. The number of aryl methyl sites for hydroxylation is 1. The second-order valence-electron chi connectivity index (χ2n) is 4.33. The quantitative estimate of drug-likeness (QED) is 0.783. The zero-order valence-electron chi connectivity index (χ0n) is 11.2. The second kappa shape index (κ2) is 5.65. The molecule has 8 nitrogen and oxygen atoms in total. The number of nitrogens with zero attached hydrogens (tertiary/aromatic N) is 4. The van der Waals surface area contributed by atoms with E-state index < -0.39 is 16.1 Å². The highest BCUT2D eigenvalue weighted by molar-refractivity contribution is 7.89. The number of sulfonamides is 1. The van der Waals surface area contributed by atoms with Crippen LogP contribution in [0.1, 0.15) is 24.5 Å². The van der Waals surface area contributed by atoms with Crippen molar-refractivity contribution in [3.05, 3.63) is 36.2 Å². The van der Waals surface area contributed by atoms with Crippen molar-refractivity contribution in [2.24, 2.45) is 12.8 Å². The van der Waals surface area contributed by atoms with Gasteiger partial charge in [0.25, 0.3) is 0 Å². The molecule has 0 saturated carbocycles. The summed E-state index contributed by atoms with van der Waals surface area (Å²) < 4.78 is 28.6. The van der Waals surface area contributed by atoms with E-state index in [1.54, 1.807) is 24.6 Å². The van der Waals surface area contributed by atoms with Gasteiger partial charge in [-0.2, -0.15) is 0 Å². The van der Waals surface area contributed by atoms with Gasteiger partial charge in [0.2, 0.25) is 10.0 Å². The summed E-state index contributed by atoms with van der Waals surface area (Å²) in [7, 11) is -1.91. The number of pyridine rings is 1. The van der Waals surface area contributed by atoms with E-state index in [1.165, 1.54) is 18.6 Å². The summed E-state index contributed by atoms with van der Waals surface area (Å²) in [6.07, 6.45) is 2.80. The summed E-state index contributed by atoms with van der Waals surface area (Å²) in [5, 5.41) is 7.59. The summed E-state index contributed by atoms with van der Waals surface area (Å²) >= 11 is 0. The molecule has 2 aromatic heterocycles. The minimum Gasteiger partial charge on any atom is -0.325 e. The predicted molar refractivity (Wildman–Crippen MR) is 71.9 cm³/mol. The number of nitrogens with one attached hydrogen (secondary N) is 1. The molecule has 0 saturated heterocycles. The first-order chi connectivity index (χ1) is 9.44. The van der Waals surface area contributed by atoms with Crippen molar-refractivity contribution in [3.63, 3.8) is 0 Å². The molecule has 0 radical (unpaired) electrons. The standard InChI is InChI=1S/C11H16N6O2S/c1-8(11-15-14-7-17(11)2)16-20(18,19)10-4-3-9(5-12)13-6-10/h3-4,6-8,16H,5,12H2,1-2H3. The zero-order chi connectivity index (χ0) is 14.8. The Morgan fingerprint density at radius 2 is 2.20 bits per heavy atom. The van der Waals surface area contributed by atoms with Gasteiger partial charge in [-0.05, 0) is 19.1 Å². The van der Waals surface area contributed by atoms with E-state index in [-0.39, 0.29) is 11.4 Å². The zero-order valence-corrected chi connectivity index (χ0v) is 12.0. The number of hydrogen-bond donors (Lipinski definition) is 2. The molecule has 0 aromatic carbocycles. The van der Waals surface area contributed by atoms with Crippen LogP contribution in [0.25, 0.3) is 0 Å². The van der Waals surface area contributed by atoms with Gasteiger partial charge < -0.3 is 10.3 Å². The molecule has 2 heterocycles. The Morgan fingerprint density at radius 1 is 1.45 bits per heavy atom. The molecule has 0 aliphatic carbocycles. The van der Waals surface area contributed by atoms with Gasteiger partial charge in [0.1, 0.15) is 17.0 Å². The molecule has 0 spiro atoms. The summed E-state index contributed by atoms with van der Waals surface area (Å²) in [5.74, 6) is 0.528. The predicted octanol–water partition coefficient (Wildman–Crippen LogP) is -0.292. The van der Waals surface area contributed by atoms with Gasteiger partial charge in [-0.3, -0.25) is 4.98 Å². The molecule has 1 unspecified atom stereocenters. The van der Waals surface area contributed by atoms with Gasteiger partial charge >= 0.3 is 0 Å². The Hall–Kier alpha value is -1.84. The molecule has 9 heteroatoms. The van der Waals surface area contributed by atoms with Crippen molar-refractivity contribution in [1.82, 2.24) is 24.5 Å². The maximum atomic E-state index is 12.2. The third kappa shape index (κ3) is 3.00. The van der Waals surface area contributed by atoms with Crippen LogP contribution in [0.15, 0.2) is 29.6 Å². The number of hydrogen-bond acceptors (Lipinski definition) is 6. The van der Waals surface area contributed by atoms with E-state index >= 15 is 0 Å². The fourth-order valence-corrected chi connectivity index (χ4v) is 2.87. The molecule has 108 valence electrons. The molecule has 0 amide bonds. The number of aromatic nitrogens is 4. The number of nitrogens with two attached hydrogens (primary N) is 1. The molecule has 1 atom stereocenters. The molecular weight excluding hydrogens is 280 g/mol. The highest BCUT2D eigenvalue weighted by atomic mass is 32.2. The molecule has 2 rings (SSSR count). The first-order valence-corrected chi connectivity index (χ1v) is 7.43. The molecule has 0 aliphatic rings. The van der Waals surface area contributed by atoms with Crippen LogP contribution in [0.5, 0.6) is 0 Å². The molecule has 0 fully saturated rings. The van der Waals surface area contributed by atoms with Gasteiger partial charge in [0.15, 0.2) is 0 Å². The van der Waals surface area contributed by atoms with Crippen molar-refractivity contribution in [2.45, 2.75) is 24.4 Å². The normalized spacial score (nSPS) is 13.3. The van der Waals surface area contributed by atoms with Gasteiger partial charge in [0.05, 0.1) is 11.7 Å². The van der Waals surface area contributed by atoms with Gasteiger partial charge in [-0.25, -0.2) is 13.1 Å². The summed E-state index contributed by atoms with van der Waals surface area (Å²) in [4.78, 5) is 4.06.